The lowest BCUT2D eigenvalue weighted by atomic mass is 10.0. The van der Waals surface area contributed by atoms with Crippen molar-refractivity contribution in [1.82, 2.24) is 0 Å². The first-order valence-electron chi connectivity index (χ1n) is 5.14. The Kier molecular flexibility index (Phi) is 3.25. The number of halogens is 2. The molecule has 0 radical (unpaired) electrons. The lowest BCUT2D eigenvalue weighted by Crippen LogP contribution is -1.90. The van der Waals surface area contributed by atoms with Crippen molar-refractivity contribution in [3.05, 3.63) is 70.0 Å². The largest absolute Gasteiger partial charge is 0.207 e. The van der Waals surface area contributed by atoms with Gasteiger partial charge in [-0.25, -0.2) is 4.39 Å². The number of benzene rings is 2. The summed E-state index contributed by atoms with van der Waals surface area (Å²) in [7, 11) is 0. The van der Waals surface area contributed by atoms with Crippen molar-refractivity contribution < 1.29 is 4.39 Å². The third kappa shape index (κ3) is 2.61. The van der Waals surface area contributed by atoms with Crippen molar-refractivity contribution in [2.24, 2.45) is 0 Å². The number of rotatable bonds is 2. The van der Waals surface area contributed by atoms with Gasteiger partial charge in [0.1, 0.15) is 5.82 Å². The predicted molar refractivity (Wildman–Crippen MR) is 65.4 cm³/mol. The lowest BCUT2D eigenvalue weighted by molar-refractivity contribution is 0.616. The van der Waals surface area contributed by atoms with Crippen LogP contribution in [-0.4, -0.2) is 0 Å². The molecule has 0 unspecified atom stereocenters. The molecule has 0 aromatic heterocycles. The highest BCUT2D eigenvalue weighted by molar-refractivity contribution is 6.30. The van der Waals surface area contributed by atoms with Gasteiger partial charge in [-0.2, -0.15) is 0 Å². The van der Waals surface area contributed by atoms with Gasteiger partial charge in [-0.15, -0.1) is 0 Å². The van der Waals surface area contributed by atoms with Gasteiger partial charge in [0.05, 0.1) is 0 Å². The Morgan fingerprint density at radius 3 is 2.25 bits per heavy atom. The fourth-order valence-corrected chi connectivity index (χ4v) is 1.71. The Bertz CT molecular complexity index is 489. The van der Waals surface area contributed by atoms with E-state index in [1.165, 1.54) is 0 Å². The maximum absolute atomic E-state index is 13.3. The minimum Gasteiger partial charge on any atom is -0.207 e. The first-order chi connectivity index (χ1) is 7.65. The highest BCUT2D eigenvalue weighted by Gasteiger charge is 2.00. The highest BCUT2D eigenvalue weighted by atomic mass is 35.5. The molecule has 0 nitrogen and oxygen atoms in total. The average molecular weight is 235 g/mol. The fourth-order valence-electron chi connectivity index (χ4n) is 1.58. The molecule has 2 rings (SSSR count). The molecule has 0 saturated heterocycles. The van der Waals surface area contributed by atoms with Gasteiger partial charge in [0.2, 0.25) is 0 Å². The molecule has 2 heteroatoms. The Morgan fingerprint density at radius 2 is 1.62 bits per heavy atom. The third-order valence-electron chi connectivity index (χ3n) is 2.56. The van der Waals surface area contributed by atoms with Crippen LogP contribution < -0.4 is 0 Å². The van der Waals surface area contributed by atoms with E-state index in [1.54, 1.807) is 19.1 Å². The Morgan fingerprint density at radius 1 is 1.00 bits per heavy atom. The Balaban J connectivity index is 2.20. The number of aryl methyl sites for hydroxylation is 1. The molecule has 0 aliphatic carbocycles. The molecule has 0 fully saturated rings. The molecule has 16 heavy (non-hydrogen) atoms. The van der Waals surface area contributed by atoms with Crippen molar-refractivity contribution in [1.29, 1.82) is 0 Å². The summed E-state index contributed by atoms with van der Waals surface area (Å²) in [5.41, 5.74) is 2.79. The zero-order valence-electron chi connectivity index (χ0n) is 9.00. The standard InChI is InChI=1S/C14H12ClF/c1-10-2-3-12(9-14(10)16)8-11-4-6-13(15)7-5-11/h2-7,9H,8H2,1H3. The van der Waals surface area contributed by atoms with Gasteiger partial charge in [0, 0.05) is 5.02 Å². The Labute approximate surface area is 99.7 Å². The van der Waals surface area contributed by atoms with E-state index >= 15 is 0 Å². The monoisotopic (exact) mass is 234 g/mol. The van der Waals surface area contributed by atoms with E-state index in [0.717, 1.165) is 22.6 Å². The maximum atomic E-state index is 13.3. The molecular weight excluding hydrogens is 223 g/mol. The molecule has 0 spiro atoms. The molecule has 0 heterocycles. The second-order valence-corrected chi connectivity index (χ2v) is 4.32. The van der Waals surface area contributed by atoms with E-state index in [1.807, 2.05) is 30.3 Å². The van der Waals surface area contributed by atoms with Gasteiger partial charge in [0.25, 0.3) is 0 Å². The van der Waals surface area contributed by atoms with Crippen LogP contribution in [-0.2, 0) is 6.42 Å². The first-order valence-corrected chi connectivity index (χ1v) is 5.52. The van der Waals surface area contributed by atoms with Crippen LogP contribution >= 0.6 is 11.6 Å². The van der Waals surface area contributed by atoms with E-state index in [9.17, 15) is 4.39 Å². The Hall–Kier alpha value is -1.34. The summed E-state index contributed by atoms with van der Waals surface area (Å²) in [5.74, 6) is -0.147. The summed E-state index contributed by atoms with van der Waals surface area (Å²) in [6.07, 6.45) is 0.731. The second kappa shape index (κ2) is 4.67. The van der Waals surface area contributed by atoms with Gasteiger partial charge in [-0.3, -0.25) is 0 Å². The highest BCUT2D eigenvalue weighted by Crippen LogP contribution is 2.15. The van der Waals surface area contributed by atoms with Crippen LogP contribution in [0.1, 0.15) is 16.7 Å². The summed E-state index contributed by atoms with van der Waals surface area (Å²) < 4.78 is 13.3. The maximum Gasteiger partial charge on any atom is 0.126 e. The fraction of sp³-hybridized carbons (Fsp3) is 0.143. The van der Waals surface area contributed by atoms with E-state index in [0.29, 0.717) is 5.56 Å². The van der Waals surface area contributed by atoms with Crippen molar-refractivity contribution in [3.63, 3.8) is 0 Å². The summed E-state index contributed by atoms with van der Waals surface area (Å²) in [4.78, 5) is 0. The third-order valence-corrected chi connectivity index (χ3v) is 2.81. The van der Waals surface area contributed by atoms with Gasteiger partial charge in [0.15, 0.2) is 0 Å². The molecule has 82 valence electrons. The summed E-state index contributed by atoms with van der Waals surface area (Å²) in [6, 6.07) is 13.0. The molecule has 0 N–H and O–H groups in total. The summed E-state index contributed by atoms with van der Waals surface area (Å²) in [5, 5.41) is 0.721. The van der Waals surface area contributed by atoms with E-state index in [-0.39, 0.29) is 5.82 Å². The summed E-state index contributed by atoms with van der Waals surface area (Å²) in [6.45, 7) is 1.77. The normalized spacial score (nSPS) is 10.4. The van der Waals surface area contributed by atoms with E-state index in [4.69, 9.17) is 11.6 Å². The molecule has 0 amide bonds. The summed E-state index contributed by atoms with van der Waals surface area (Å²) >= 11 is 5.80. The topological polar surface area (TPSA) is 0 Å². The predicted octanol–water partition coefficient (Wildman–Crippen LogP) is 4.38. The average Bonchev–Trinajstić information content (AvgIpc) is 2.27. The zero-order chi connectivity index (χ0) is 11.5. The smallest absolute Gasteiger partial charge is 0.126 e. The van der Waals surface area contributed by atoms with Crippen molar-refractivity contribution >= 4 is 11.6 Å². The van der Waals surface area contributed by atoms with Crippen LogP contribution in [0.2, 0.25) is 5.02 Å². The van der Waals surface area contributed by atoms with E-state index in [2.05, 4.69) is 0 Å². The molecule has 0 bridgehead atoms. The zero-order valence-corrected chi connectivity index (χ0v) is 9.76. The van der Waals surface area contributed by atoms with Crippen LogP contribution in [0.25, 0.3) is 0 Å². The van der Waals surface area contributed by atoms with Gasteiger partial charge >= 0.3 is 0 Å². The number of hydrogen-bond donors (Lipinski definition) is 0. The molecule has 2 aromatic carbocycles. The molecule has 0 atom stereocenters. The van der Waals surface area contributed by atoms with Crippen LogP contribution in [0.5, 0.6) is 0 Å². The van der Waals surface area contributed by atoms with Crippen molar-refractivity contribution in [3.8, 4) is 0 Å². The molecule has 2 aromatic rings. The van der Waals surface area contributed by atoms with E-state index < -0.39 is 0 Å². The quantitative estimate of drug-likeness (QED) is 0.724. The van der Waals surface area contributed by atoms with Crippen LogP contribution in [0.15, 0.2) is 42.5 Å². The SMILES string of the molecule is Cc1ccc(Cc2ccc(Cl)cc2)cc1F. The van der Waals surface area contributed by atoms with Gasteiger partial charge < -0.3 is 0 Å². The van der Waals surface area contributed by atoms with Crippen LogP contribution in [0.3, 0.4) is 0 Å². The molecule has 0 saturated carbocycles. The lowest BCUT2D eigenvalue weighted by Gasteiger charge is -2.04. The number of hydrogen-bond acceptors (Lipinski definition) is 0. The van der Waals surface area contributed by atoms with Gasteiger partial charge in [-0.05, 0) is 48.2 Å². The van der Waals surface area contributed by atoms with Crippen molar-refractivity contribution in [2.75, 3.05) is 0 Å². The molecular formula is C14H12ClF. The molecule has 0 aliphatic heterocycles. The van der Waals surface area contributed by atoms with Gasteiger partial charge in [-0.1, -0.05) is 35.9 Å². The van der Waals surface area contributed by atoms with Crippen LogP contribution in [0.4, 0.5) is 4.39 Å². The molecule has 0 aliphatic rings. The van der Waals surface area contributed by atoms with Crippen molar-refractivity contribution in [2.45, 2.75) is 13.3 Å². The van der Waals surface area contributed by atoms with Crippen LogP contribution in [0, 0.1) is 12.7 Å². The minimum absolute atomic E-state index is 0.147. The minimum atomic E-state index is -0.147. The first kappa shape index (κ1) is 11.2. The second-order valence-electron chi connectivity index (χ2n) is 3.89.